The van der Waals surface area contributed by atoms with Crippen LogP contribution in [0.25, 0.3) is 10.9 Å². The van der Waals surface area contributed by atoms with E-state index in [1.54, 1.807) is 17.4 Å². The fourth-order valence-corrected chi connectivity index (χ4v) is 4.90. The van der Waals surface area contributed by atoms with Gasteiger partial charge in [0.15, 0.2) is 0 Å². The highest BCUT2D eigenvalue weighted by Gasteiger charge is 2.24. The molecule has 1 saturated heterocycles. The Balaban J connectivity index is 1.44. The zero-order valence-electron chi connectivity index (χ0n) is 17.8. The molecule has 6 nitrogen and oxygen atoms in total. The van der Waals surface area contributed by atoms with Crippen molar-refractivity contribution in [2.24, 2.45) is 0 Å². The van der Waals surface area contributed by atoms with E-state index in [9.17, 15) is 9.59 Å². The summed E-state index contributed by atoms with van der Waals surface area (Å²) >= 11 is 1.66. The highest BCUT2D eigenvalue weighted by Crippen LogP contribution is 2.26. The van der Waals surface area contributed by atoms with Gasteiger partial charge in [-0.05, 0) is 67.4 Å². The summed E-state index contributed by atoms with van der Waals surface area (Å²) < 4.78 is 0. The molecule has 0 aliphatic carbocycles. The number of likely N-dealkylation sites (tertiary alicyclic amines) is 1. The van der Waals surface area contributed by atoms with Crippen LogP contribution in [-0.4, -0.2) is 41.3 Å². The number of anilines is 1. The molecule has 0 radical (unpaired) electrons. The van der Waals surface area contributed by atoms with E-state index in [0.717, 1.165) is 29.7 Å². The number of rotatable bonds is 5. The van der Waals surface area contributed by atoms with Gasteiger partial charge in [-0.1, -0.05) is 31.0 Å². The third-order valence-electron chi connectivity index (χ3n) is 5.76. The maximum atomic E-state index is 12.6. The van der Waals surface area contributed by atoms with Crippen molar-refractivity contribution in [2.75, 3.05) is 25.0 Å². The standard InChI is InChI=1S/C24H28N4O2S/c1-17-14-21(19-8-4-5-9-20(19)26-17)27-24(30)23(29)25-15-22(18-10-13-31-16-18)28-11-6-2-3-7-12-28/h4-5,8-10,13-14,16,22H,2-3,6-7,11-12,15H2,1H3,(H,25,29)(H,26,27,30). The Labute approximate surface area is 186 Å². The number of nitrogens with zero attached hydrogens (tertiary/aromatic N) is 2. The average Bonchev–Trinajstić information content (AvgIpc) is 3.16. The average molecular weight is 437 g/mol. The van der Waals surface area contributed by atoms with Crippen molar-refractivity contribution in [3.63, 3.8) is 0 Å². The predicted molar refractivity (Wildman–Crippen MR) is 125 cm³/mol. The minimum Gasteiger partial charge on any atom is -0.346 e. The number of aromatic nitrogens is 1. The van der Waals surface area contributed by atoms with Crippen LogP contribution in [0, 0.1) is 6.92 Å². The monoisotopic (exact) mass is 436 g/mol. The molecule has 2 aromatic heterocycles. The SMILES string of the molecule is Cc1cc(NC(=O)C(=O)NCC(c2ccsc2)N2CCCCCC2)c2ccccc2n1. The molecule has 162 valence electrons. The second-order valence-electron chi connectivity index (χ2n) is 8.02. The number of hydrogen-bond acceptors (Lipinski definition) is 5. The van der Waals surface area contributed by atoms with Crippen LogP contribution in [0.5, 0.6) is 0 Å². The van der Waals surface area contributed by atoms with Gasteiger partial charge in [0.1, 0.15) is 0 Å². The van der Waals surface area contributed by atoms with Gasteiger partial charge in [0.2, 0.25) is 0 Å². The molecule has 1 atom stereocenters. The van der Waals surface area contributed by atoms with Gasteiger partial charge >= 0.3 is 11.8 Å². The normalized spacial score (nSPS) is 15.9. The second-order valence-corrected chi connectivity index (χ2v) is 8.80. The number of hydrogen-bond donors (Lipinski definition) is 2. The third kappa shape index (κ3) is 5.29. The first-order valence-corrected chi connectivity index (χ1v) is 11.8. The van der Waals surface area contributed by atoms with Crippen molar-refractivity contribution in [2.45, 2.75) is 38.6 Å². The van der Waals surface area contributed by atoms with E-state index < -0.39 is 11.8 Å². The van der Waals surface area contributed by atoms with Gasteiger partial charge in [0.25, 0.3) is 0 Å². The Bertz CT molecular complexity index is 1040. The summed E-state index contributed by atoms with van der Waals surface area (Å²) in [5, 5.41) is 10.6. The van der Waals surface area contributed by atoms with Crippen LogP contribution >= 0.6 is 11.3 Å². The largest absolute Gasteiger partial charge is 0.346 e. The van der Waals surface area contributed by atoms with Crippen molar-refractivity contribution in [1.29, 1.82) is 0 Å². The molecular formula is C24H28N4O2S. The first-order valence-electron chi connectivity index (χ1n) is 10.8. The minimum atomic E-state index is -0.657. The Morgan fingerprint density at radius 3 is 2.61 bits per heavy atom. The molecule has 2 amide bonds. The summed E-state index contributed by atoms with van der Waals surface area (Å²) in [5.41, 5.74) is 3.37. The summed E-state index contributed by atoms with van der Waals surface area (Å²) in [6.07, 6.45) is 4.84. The molecule has 4 rings (SSSR count). The number of carbonyl (C=O) groups is 2. The Morgan fingerprint density at radius 2 is 1.87 bits per heavy atom. The zero-order valence-corrected chi connectivity index (χ0v) is 18.6. The molecule has 3 aromatic rings. The van der Waals surface area contributed by atoms with E-state index >= 15 is 0 Å². The molecule has 2 N–H and O–H groups in total. The topological polar surface area (TPSA) is 74.3 Å². The summed E-state index contributed by atoms with van der Waals surface area (Å²) in [6, 6.07) is 11.6. The Kier molecular flexibility index (Phi) is 6.94. The lowest BCUT2D eigenvalue weighted by Crippen LogP contribution is -2.42. The van der Waals surface area contributed by atoms with Gasteiger partial charge in [0.05, 0.1) is 17.2 Å². The number of nitrogens with one attached hydrogen (secondary N) is 2. The number of fused-ring (bicyclic) bond motifs is 1. The van der Waals surface area contributed by atoms with Crippen molar-refractivity contribution < 1.29 is 9.59 Å². The molecule has 0 saturated carbocycles. The summed E-state index contributed by atoms with van der Waals surface area (Å²) in [4.78, 5) is 32.2. The fraction of sp³-hybridized carbons (Fsp3) is 0.375. The van der Waals surface area contributed by atoms with Crippen LogP contribution in [-0.2, 0) is 9.59 Å². The highest BCUT2D eigenvalue weighted by molar-refractivity contribution is 7.08. The van der Waals surface area contributed by atoms with Gasteiger partial charge in [-0.15, -0.1) is 0 Å². The van der Waals surface area contributed by atoms with E-state index in [1.165, 1.54) is 31.2 Å². The van der Waals surface area contributed by atoms with E-state index in [2.05, 4.69) is 37.3 Å². The van der Waals surface area contributed by atoms with Gasteiger partial charge in [0, 0.05) is 17.6 Å². The van der Waals surface area contributed by atoms with Gasteiger partial charge in [-0.2, -0.15) is 11.3 Å². The number of carbonyl (C=O) groups excluding carboxylic acids is 2. The number of pyridine rings is 1. The summed E-state index contributed by atoms with van der Waals surface area (Å²) in [7, 11) is 0. The molecule has 1 aliphatic heterocycles. The van der Waals surface area contributed by atoms with Gasteiger partial charge in [-0.3, -0.25) is 19.5 Å². The lowest BCUT2D eigenvalue weighted by Gasteiger charge is -2.30. The summed E-state index contributed by atoms with van der Waals surface area (Å²) in [6.45, 7) is 4.32. The number of para-hydroxylation sites is 1. The van der Waals surface area contributed by atoms with E-state index in [0.29, 0.717) is 12.2 Å². The highest BCUT2D eigenvalue weighted by atomic mass is 32.1. The number of aryl methyl sites for hydroxylation is 1. The van der Waals surface area contributed by atoms with Gasteiger partial charge < -0.3 is 10.6 Å². The molecule has 0 spiro atoms. The maximum Gasteiger partial charge on any atom is 0.313 e. The molecule has 31 heavy (non-hydrogen) atoms. The fourth-order valence-electron chi connectivity index (χ4n) is 4.19. The van der Waals surface area contributed by atoms with Crippen molar-refractivity contribution in [3.05, 3.63) is 58.4 Å². The smallest absolute Gasteiger partial charge is 0.313 e. The minimum absolute atomic E-state index is 0.0881. The Morgan fingerprint density at radius 1 is 1.10 bits per heavy atom. The number of benzene rings is 1. The van der Waals surface area contributed by atoms with Crippen LogP contribution in [0.4, 0.5) is 5.69 Å². The zero-order chi connectivity index (χ0) is 21.6. The number of amides is 2. The van der Waals surface area contributed by atoms with Crippen molar-refractivity contribution in [3.8, 4) is 0 Å². The second kappa shape index (κ2) is 10.0. The van der Waals surface area contributed by atoms with Crippen molar-refractivity contribution in [1.82, 2.24) is 15.2 Å². The molecule has 0 bridgehead atoms. The molecule has 1 aromatic carbocycles. The third-order valence-corrected chi connectivity index (χ3v) is 6.47. The first-order chi connectivity index (χ1) is 15.1. The van der Waals surface area contributed by atoms with Crippen LogP contribution < -0.4 is 10.6 Å². The van der Waals surface area contributed by atoms with Crippen LogP contribution in [0.15, 0.2) is 47.2 Å². The van der Waals surface area contributed by atoms with E-state index in [1.807, 2.05) is 31.2 Å². The lowest BCUT2D eigenvalue weighted by atomic mass is 10.1. The molecule has 1 unspecified atom stereocenters. The molecular weight excluding hydrogens is 408 g/mol. The molecule has 7 heteroatoms. The molecule has 3 heterocycles. The van der Waals surface area contributed by atoms with E-state index in [-0.39, 0.29) is 6.04 Å². The predicted octanol–water partition coefficient (Wildman–Crippen LogP) is 4.28. The molecule has 1 fully saturated rings. The Hall–Kier alpha value is -2.77. The number of thiophene rings is 1. The molecule has 1 aliphatic rings. The van der Waals surface area contributed by atoms with Crippen molar-refractivity contribution >= 4 is 39.7 Å². The maximum absolute atomic E-state index is 12.6. The lowest BCUT2D eigenvalue weighted by molar-refractivity contribution is -0.136. The van der Waals surface area contributed by atoms with Crippen LogP contribution in [0.3, 0.4) is 0 Å². The first kappa shape index (κ1) is 21.5. The van der Waals surface area contributed by atoms with Crippen LogP contribution in [0.1, 0.15) is 43.0 Å². The van der Waals surface area contributed by atoms with E-state index in [4.69, 9.17) is 0 Å². The summed E-state index contributed by atoms with van der Waals surface area (Å²) in [5.74, 6) is -1.27. The quantitative estimate of drug-likeness (QED) is 0.586. The van der Waals surface area contributed by atoms with Crippen LogP contribution in [0.2, 0.25) is 0 Å². The van der Waals surface area contributed by atoms with Gasteiger partial charge in [-0.25, -0.2) is 0 Å².